The van der Waals surface area contributed by atoms with Gasteiger partial charge in [0.15, 0.2) is 5.65 Å². The summed E-state index contributed by atoms with van der Waals surface area (Å²) in [5.41, 5.74) is 6.22. The second-order valence-electron chi connectivity index (χ2n) is 3.96. The number of nitrogens with two attached hydrogens (primary N) is 1. The molecule has 19 heavy (non-hydrogen) atoms. The van der Waals surface area contributed by atoms with E-state index in [9.17, 15) is 0 Å². The van der Waals surface area contributed by atoms with Crippen LogP contribution in [0.25, 0.3) is 11.0 Å². The highest BCUT2D eigenvalue weighted by atomic mass is 79.9. The molecular formula is C14H10BrN3O. The normalized spacial score (nSPS) is 10.6. The monoisotopic (exact) mass is 315 g/mol. The van der Waals surface area contributed by atoms with E-state index in [2.05, 4.69) is 25.9 Å². The van der Waals surface area contributed by atoms with Crippen molar-refractivity contribution in [1.29, 1.82) is 0 Å². The van der Waals surface area contributed by atoms with Crippen LogP contribution in [0.15, 0.2) is 53.0 Å². The smallest absolute Gasteiger partial charge is 0.221 e. The molecule has 0 spiro atoms. The van der Waals surface area contributed by atoms with E-state index in [1.807, 2.05) is 36.4 Å². The van der Waals surface area contributed by atoms with E-state index in [0.717, 1.165) is 9.86 Å². The number of aromatic nitrogens is 2. The van der Waals surface area contributed by atoms with Gasteiger partial charge < -0.3 is 10.5 Å². The van der Waals surface area contributed by atoms with Gasteiger partial charge in [0, 0.05) is 11.5 Å². The van der Waals surface area contributed by atoms with Gasteiger partial charge in [-0.2, -0.15) is 4.98 Å². The second kappa shape index (κ2) is 4.85. The van der Waals surface area contributed by atoms with Crippen molar-refractivity contribution in [3.8, 4) is 11.6 Å². The highest BCUT2D eigenvalue weighted by Crippen LogP contribution is 2.28. The van der Waals surface area contributed by atoms with E-state index in [1.165, 1.54) is 0 Å². The standard InChI is InChI=1S/C14H10BrN3O/c15-10-3-1-2-4-11(10)19-13-8-6-9-5-7-12(16)17-14(9)18-13/h1-8H,(H2,16,17,18). The largest absolute Gasteiger partial charge is 0.438 e. The molecule has 2 N–H and O–H groups in total. The van der Waals surface area contributed by atoms with Crippen molar-refractivity contribution < 1.29 is 4.74 Å². The fraction of sp³-hybridized carbons (Fsp3) is 0. The number of benzene rings is 1. The van der Waals surface area contributed by atoms with Crippen LogP contribution in [0.4, 0.5) is 5.82 Å². The van der Waals surface area contributed by atoms with Gasteiger partial charge in [-0.15, -0.1) is 0 Å². The summed E-state index contributed by atoms with van der Waals surface area (Å²) >= 11 is 3.43. The van der Waals surface area contributed by atoms with Gasteiger partial charge in [-0.25, -0.2) is 4.98 Å². The summed E-state index contributed by atoms with van der Waals surface area (Å²) < 4.78 is 6.59. The van der Waals surface area contributed by atoms with Gasteiger partial charge in [0.1, 0.15) is 11.6 Å². The summed E-state index contributed by atoms with van der Waals surface area (Å²) in [6.45, 7) is 0. The summed E-state index contributed by atoms with van der Waals surface area (Å²) in [7, 11) is 0. The highest BCUT2D eigenvalue weighted by molar-refractivity contribution is 9.10. The molecule has 2 heterocycles. The first kappa shape index (κ1) is 11.9. The third-order valence-electron chi connectivity index (χ3n) is 2.60. The van der Waals surface area contributed by atoms with Crippen LogP contribution in [0.5, 0.6) is 11.6 Å². The zero-order valence-corrected chi connectivity index (χ0v) is 11.5. The van der Waals surface area contributed by atoms with Crippen LogP contribution in [0.3, 0.4) is 0 Å². The van der Waals surface area contributed by atoms with Crippen molar-refractivity contribution in [2.24, 2.45) is 0 Å². The third kappa shape index (κ3) is 2.51. The minimum atomic E-state index is 0.443. The molecule has 0 amide bonds. The number of nitrogens with zero attached hydrogens (tertiary/aromatic N) is 2. The molecule has 0 aliphatic rings. The van der Waals surface area contributed by atoms with Gasteiger partial charge in [-0.3, -0.25) is 0 Å². The Kier molecular flexibility index (Phi) is 3.05. The molecule has 4 nitrogen and oxygen atoms in total. The second-order valence-corrected chi connectivity index (χ2v) is 4.82. The number of anilines is 1. The SMILES string of the molecule is Nc1ccc2ccc(Oc3ccccc3Br)nc2n1. The Balaban J connectivity index is 2.00. The van der Waals surface area contributed by atoms with E-state index in [4.69, 9.17) is 10.5 Å². The number of ether oxygens (including phenoxy) is 1. The molecule has 0 saturated heterocycles. The van der Waals surface area contributed by atoms with Crippen LogP contribution in [0.2, 0.25) is 0 Å². The van der Waals surface area contributed by atoms with Crippen LogP contribution in [0.1, 0.15) is 0 Å². The lowest BCUT2D eigenvalue weighted by molar-refractivity contribution is 0.462. The first-order valence-electron chi connectivity index (χ1n) is 5.68. The van der Waals surface area contributed by atoms with Crippen molar-refractivity contribution in [1.82, 2.24) is 9.97 Å². The topological polar surface area (TPSA) is 61.0 Å². The maximum absolute atomic E-state index is 5.72. The van der Waals surface area contributed by atoms with E-state index in [-0.39, 0.29) is 0 Å². The Morgan fingerprint density at radius 3 is 2.58 bits per heavy atom. The summed E-state index contributed by atoms with van der Waals surface area (Å²) in [6.07, 6.45) is 0. The average Bonchev–Trinajstić information content (AvgIpc) is 2.41. The Labute approximate surface area is 118 Å². The van der Waals surface area contributed by atoms with Crippen LogP contribution < -0.4 is 10.5 Å². The lowest BCUT2D eigenvalue weighted by atomic mass is 10.3. The fourth-order valence-electron chi connectivity index (χ4n) is 1.69. The van der Waals surface area contributed by atoms with Crippen LogP contribution in [-0.4, -0.2) is 9.97 Å². The summed E-state index contributed by atoms with van der Waals surface area (Å²) in [5.74, 6) is 1.63. The number of nitrogen functional groups attached to an aromatic ring is 1. The van der Waals surface area contributed by atoms with Crippen molar-refractivity contribution in [3.05, 3.63) is 53.0 Å². The number of pyridine rings is 2. The summed E-state index contributed by atoms with van der Waals surface area (Å²) in [5, 5.41) is 0.925. The van der Waals surface area contributed by atoms with Gasteiger partial charge in [0.2, 0.25) is 5.88 Å². The van der Waals surface area contributed by atoms with Crippen molar-refractivity contribution in [2.45, 2.75) is 0 Å². The van der Waals surface area contributed by atoms with Gasteiger partial charge >= 0.3 is 0 Å². The molecule has 0 bridgehead atoms. The zero-order valence-electron chi connectivity index (χ0n) is 9.88. The number of hydrogen-bond donors (Lipinski definition) is 1. The first-order valence-corrected chi connectivity index (χ1v) is 6.47. The molecule has 5 heteroatoms. The highest BCUT2D eigenvalue weighted by Gasteiger charge is 2.04. The molecule has 0 unspecified atom stereocenters. The first-order chi connectivity index (χ1) is 9.22. The lowest BCUT2D eigenvalue weighted by Crippen LogP contribution is -1.94. The molecule has 2 aromatic heterocycles. The van der Waals surface area contributed by atoms with Crippen LogP contribution in [-0.2, 0) is 0 Å². The summed E-state index contributed by atoms with van der Waals surface area (Å²) in [6, 6.07) is 14.9. The molecule has 0 saturated carbocycles. The summed E-state index contributed by atoms with van der Waals surface area (Å²) in [4.78, 5) is 8.51. The predicted molar refractivity (Wildman–Crippen MR) is 78.2 cm³/mol. The van der Waals surface area contributed by atoms with E-state index < -0.39 is 0 Å². The minimum absolute atomic E-state index is 0.443. The molecule has 3 aromatic rings. The molecular weight excluding hydrogens is 306 g/mol. The molecule has 0 atom stereocenters. The van der Waals surface area contributed by atoms with Crippen LogP contribution >= 0.6 is 15.9 Å². The maximum Gasteiger partial charge on any atom is 0.221 e. The van der Waals surface area contributed by atoms with Gasteiger partial charge in [0.25, 0.3) is 0 Å². The molecule has 0 aliphatic heterocycles. The van der Waals surface area contributed by atoms with Gasteiger partial charge in [-0.1, -0.05) is 12.1 Å². The fourth-order valence-corrected chi connectivity index (χ4v) is 2.06. The van der Waals surface area contributed by atoms with E-state index >= 15 is 0 Å². The van der Waals surface area contributed by atoms with Gasteiger partial charge in [0.05, 0.1) is 4.47 Å². The Morgan fingerprint density at radius 1 is 0.947 bits per heavy atom. The van der Waals surface area contributed by atoms with E-state index in [0.29, 0.717) is 23.1 Å². The number of para-hydroxylation sites is 1. The molecule has 0 radical (unpaired) electrons. The predicted octanol–water partition coefficient (Wildman–Crippen LogP) is 3.77. The van der Waals surface area contributed by atoms with Crippen molar-refractivity contribution in [2.75, 3.05) is 5.73 Å². The number of fused-ring (bicyclic) bond motifs is 1. The van der Waals surface area contributed by atoms with Crippen molar-refractivity contribution >= 4 is 32.8 Å². The quantitative estimate of drug-likeness (QED) is 0.782. The molecule has 0 aliphatic carbocycles. The Hall–Kier alpha value is -2.14. The Bertz CT molecular complexity index is 746. The van der Waals surface area contributed by atoms with Crippen LogP contribution in [0, 0.1) is 0 Å². The Morgan fingerprint density at radius 2 is 1.74 bits per heavy atom. The third-order valence-corrected chi connectivity index (χ3v) is 3.25. The average molecular weight is 316 g/mol. The lowest BCUT2D eigenvalue weighted by Gasteiger charge is -2.07. The number of rotatable bonds is 2. The van der Waals surface area contributed by atoms with Gasteiger partial charge in [-0.05, 0) is 46.3 Å². The van der Waals surface area contributed by atoms with E-state index in [1.54, 1.807) is 12.1 Å². The molecule has 0 fully saturated rings. The maximum atomic E-state index is 5.72. The zero-order chi connectivity index (χ0) is 13.2. The minimum Gasteiger partial charge on any atom is -0.438 e. The molecule has 1 aromatic carbocycles. The number of hydrogen-bond acceptors (Lipinski definition) is 4. The molecule has 94 valence electrons. The van der Waals surface area contributed by atoms with Crippen molar-refractivity contribution in [3.63, 3.8) is 0 Å². The number of halogens is 1. The molecule has 3 rings (SSSR count).